The quantitative estimate of drug-likeness (QED) is 0.735. The average molecular weight is 434 g/mol. The molecule has 32 heavy (non-hydrogen) atoms. The minimum atomic E-state index is -0.541. The number of hydrogen-bond acceptors (Lipinski definition) is 3. The van der Waals surface area contributed by atoms with Crippen molar-refractivity contribution in [3.8, 4) is 11.1 Å². The maximum Gasteiger partial charge on any atom is 0.245 e. The zero-order chi connectivity index (χ0) is 22.6. The van der Waals surface area contributed by atoms with Crippen LogP contribution in [0.5, 0.6) is 0 Å². The van der Waals surface area contributed by atoms with Gasteiger partial charge in [-0.05, 0) is 49.3 Å². The summed E-state index contributed by atoms with van der Waals surface area (Å²) in [6.07, 6.45) is 2.83. The van der Waals surface area contributed by atoms with Gasteiger partial charge in [-0.25, -0.2) is 0 Å². The number of carbonyl (C=O) groups excluding carboxylic acids is 3. The van der Waals surface area contributed by atoms with Gasteiger partial charge in [0, 0.05) is 26.1 Å². The summed E-state index contributed by atoms with van der Waals surface area (Å²) in [7, 11) is 0. The molecular formula is C26H31N3O3. The summed E-state index contributed by atoms with van der Waals surface area (Å²) in [5.74, 6) is -0.0202. The molecule has 0 bridgehead atoms. The predicted molar refractivity (Wildman–Crippen MR) is 124 cm³/mol. The first-order valence-electron chi connectivity index (χ1n) is 11.5. The van der Waals surface area contributed by atoms with Crippen LogP contribution in [0, 0.1) is 5.41 Å². The highest BCUT2D eigenvalue weighted by atomic mass is 16.2. The van der Waals surface area contributed by atoms with E-state index in [1.54, 1.807) is 0 Å². The molecule has 1 atom stereocenters. The molecule has 0 aromatic heterocycles. The van der Waals surface area contributed by atoms with E-state index in [1.165, 1.54) is 0 Å². The SMILES string of the molecule is CCNC(=O)C1(Cc2cccc(-c3ccccc3)c2)CCN(C(=O)[C@@H]2CCC(=O)N2)CC1. The summed E-state index contributed by atoms with van der Waals surface area (Å²) in [5.41, 5.74) is 2.88. The number of amides is 3. The summed E-state index contributed by atoms with van der Waals surface area (Å²) in [4.78, 5) is 39.3. The van der Waals surface area contributed by atoms with Gasteiger partial charge in [-0.1, -0.05) is 54.6 Å². The van der Waals surface area contributed by atoms with Crippen LogP contribution in [0.25, 0.3) is 11.1 Å². The number of benzene rings is 2. The lowest BCUT2D eigenvalue weighted by Gasteiger charge is -2.41. The average Bonchev–Trinajstić information content (AvgIpc) is 3.26. The van der Waals surface area contributed by atoms with Crippen LogP contribution in [-0.4, -0.2) is 48.3 Å². The van der Waals surface area contributed by atoms with E-state index >= 15 is 0 Å². The summed E-state index contributed by atoms with van der Waals surface area (Å²) >= 11 is 0. The van der Waals surface area contributed by atoms with E-state index in [1.807, 2.05) is 36.1 Å². The van der Waals surface area contributed by atoms with E-state index in [4.69, 9.17) is 0 Å². The Kier molecular flexibility index (Phi) is 6.58. The van der Waals surface area contributed by atoms with Crippen LogP contribution in [0.1, 0.15) is 38.2 Å². The smallest absolute Gasteiger partial charge is 0.245 e. The van der Waals surface area contributed by atoms with Gasteiger partial charge in [-0.3, -0.25) is 14.4 Å². The van der Waals surface area contributed by atoms with E-state index in [2.05, 4.69) is 41.0 Å². The highest BCUT2D eigenvalue weighted by Crippen LogP contribution is 2.37. The fourth-order valence-corrected chi connectivity index (χ4v) is 4.89. The Labute approximate surface area is 189 Å². The van der Waals surface area contributed by atoms with Crippen LogP contribution in [0.2, 0.25) is 0 Å². The summed E-state index contributed by atoms with van der Waals surface area (Å²) in [5, 5.41) is 5.80. The number of likely N-dealkylation sites (tertiary alicyclic amines) is 1. The molecular weight excluding hydrogens is 402 g/mol. The summed E-state index contributed by atoms with van der Waals surface area (Å²) in [6.45, 7) is 3.58. The van der Waals surface area contributed by atoms with E-state index in [0.717, 1.165) is 16.7 Å². The maximum absolute atomic E-state index is 13.2. The summed E-state index contributed by atoms with van der Waals surface area (Å²) < 4.78 is 0. The minimum absolute atomic E-state index is 0.0218. The molecule has 2 aliphatic heterocycles. The lowest BCUT2D eigenvalue weighted by molar-refractivity contribution is -0.141. The number of nitrogens with zero attached hydrogens (tertiary/aromatic N) is 1. The van der Waals surface area contributed by atoms with Crippen LogP contribution in [0.4, 0.5) is 0 Å². The van der Waals surface area contributed by atoms with Gasteiger partial charge in [0.2, 0.25) is 17.7 Å². The Balaban J connectivity index is 1.50. The highest BCUT2D eigenvalue weighted by molar-refractivity contribution is 5.91. The third kappa shape index (κ3) is 4.69. The van der Waals surface area contributed by atoms with Crippen molar-refractivity contribution >= 4 is 17.7 Å². The van der Waals surface area contributed by atoms with Gasteiger partial charge in [0.1, 0.15) is 6.04 Å². The molecule has 168 valence electrons. The van der Waals surface area contributed by atoms with E-state index in [0.29, 0.717) is 51.7 Å². The molecule has 6 heteroatoms. The molecule has 0 saturated carbocycles. The molecule has 4 rings (SSSR count). The van der Waals surface area contributed by atoms with Crippen LogP contribution >= 0.6 is 0 Å². The van der Waals surface area contributed by atoms with Crippen LogP contribution in [-0.2, 0) is 20.8 Å². The number of nitrogens with one attached hydrogen (secondary N) is 2. The Morgan fingerprint density at radius 2 is 1.78 bits per heavy atom. The molecule has 0 unspecified atom stereocenters. The zero-order valence-corrected chi connectivity index (χ0v) is 18.6. The first kappa shape index (κ1) is 22.1. The van der Waals surface area contributed by atoms with Gasteiger partial charge >= 0.3 is 0 Å². The maximum atomic E-state index is 13.2. The van der Waals surface area contributed by atoms with E-state index < -0.39 is 11.5 Å². The Hall–Kier alpha value is -3.15. The van der Waals surface area contributed by atoms with Crippen LogP contribution in [0.3, 0.4) is 0 Å². The first-order valence-corrected chi connectivity index (χ1v) is 11.5. The van der Waals surface area contributed by atoms with E-state index in [9.17, 15) is 14.4 Å². The van der Waals surface area contributed by atoms with Gasteiger partial charge in [-0.2, -0.15) is 0 Å². The van der Waals surface area contributed by atoms with Crippen molar-refractivity contribution in [1.82, 2.24) is 15.5 Å². The fourth-order valence-electron chi connectivity index (χ4n) is 4.89. The van der Waals surface area contributed by atoms with Crippen molar-refractivity contribution in [2.24, 2.45) is 5.41 Å². The number of piperidine rings is 1. The third-order valence-electron chi connectivity index (χ3n) is 6.72. The largest absolute Gasteiger partial charge is 0.356 e. The highest BCUT2D eigenvalue weighted by Gasteiger charge is 2.43. The molecule has 2 saturated heterocycles. The summed E-state index contributed by atoms with van der Waals surface area (Å²) in [6, 6.07) is 18.2. The normalized spacial score (nSPS) is 20.0. The van der Waals surface area contributed by atoms with Crippen molar-refractivity contribution in [2.45, 2.75) is 45.1 Å². The Morgan fingerprint density at radius 1 is 1.06 bits per heavy atom. The Morgan fingerprint density at radius 3 is 2.44 bits per heavy atom. The molecule has 6 nitrogen and oxygen atoms in total. The molecule has 2 aliphatic rings. The molecule has 2 heterocycles. The van der Waals surface area contributed by atoms with Gasteiger partial charge in [-0.15, -0.1) is 0 Å². The van der Waals surface area contributed by atoms with E-state index in [-0.39, 0.29) is 17.7 Å². The van der Waals surface area contributed by atoms with Crippen molar-refractivity contribution in [1.29, 1.82) is 0 Å². The Bertz CT molecular complexity index is 981. The van der Waals surface area contributed by atoms with Crippen molar-refractivity contribution in [2.75, 3.05) is 19.6 Å². The molecule has 2 N–H and O–H groups in total. The monoisotopic (exact) mass is 433 g/mol. The molecule has 0 aliphatic carbocycles. The fraction of sp³-hybridized carbons (Fsp3) is 0.423. The topological polar surface area (TPSA) is 78.5 Å². The number of rotatable bonds is 6. The number of carbonyl (C=O) groups is 3. The van der Waals surface area contributed by atoms with Crippen LogP contribution < -0.4 is 10.6 Å². The predicted octanol–water partition coefficient (Wildman–Crippen LogP) is 2.92. The second kappa shape index (κ2) is 9.55. The lowest BCUT2D eigenvalue weighted by Crippen LogP contribution is -2.54. The van der Waals surface area contributed by atoms with Gasteiger partial charge in [0.15, 0.2) is 0 Å². The minimum Gasteiger partial charge on any atom is -0.356 e. The lowest BCUT2D eigenvalue weighted by atomic mass is 9.72. The molecule has 0 radical (unpaired) electrons. The van der Waals surface area contributed by atoms with Gasteiger partial charge in [0.25, 0.3) is 0 Å². The number of hydrogen-bond donors (Lipinski definition) is 2. The molecule has 2 fully saturated rings. The first-order chi connectivity index (χ1) is 15.5. The standard InChI is InChI=1S/C26H31N3O3/c1-2-27-25(32)26(13-15-29(16-14-26)24(31)22-11-12-23(30)28-22)18-19-7-6-10-21(17-19)20-8-4-3-5-9-20/h3-10,17,22H,2,11-16,18H2,1H3,(H,27,32)(H,28,30)/t22-/m0/s1. The third-order valence-corrected chi connectivity index (χ3v) is 6.72. The van der Waals surface area contributed by atoms with Crippen molar-refractivity contribution < 1.29 is 14.4 Å². The van der Waals surface area contributed by atoms with Crippen molar-refractivity contribution in [3.63, 3.8) is 0 Å². The zero-order valence-electron chi connectivity index (χ0n) is 18.6. The van der Waals surface area contributed by atoms with Gasteiger partial charge in [0.05, 0.1) is 5.41 Å². The second-order valence-electron chi connectivity index (χ2n) is 8.87. The molecule has 2 aromatic rings. The molecule has 2 aromatic carbocycles. The molecule has 0 spiro atoms. The van der Waals surface area contributed by atoms with Gasteiger partial charge < -0.3 is 15.5 Å². The van der Waals surface area contributed by atoms with Crippen molar-refractivity contribution in [3.05, 3.63) is 60.2 Å². The molecule has 3 amide bonds. The second-order valence-corrected chi connectivity index (χ2v) is 8.87. The van der Waals surface area contributed by atoms with Crippen LogP contribution in [0.15, 0.2) is 54.6 Å².